The maximum absolute atomic E-state index is 5.46. The fourth-order valence-electron chi connectivity index (χ4n) is 3.08. The Bertz CT molecular complexity index is 1140. The summed E-state index contributed by atoms with van der Waals surface area (Å²) in [7, 11) is 3.30. The van der Waals surface area contributed by atoms with Gasteiger partial charge in [-0.25, -0.2) is 4.98 Å². The molecule has 29 heavy (non-hydrogen) atoms. The van der Waals surface area contributed by atoms with Gasteiger partial charge < -0.3 is 20.1 Å². The van der Waals surface area contributed by atoms with Crippen molar-refractivity contribution in [1.82, 2.24) is 9.97 Å². The Morgan fingerprint density at radius 1 is 0.793 bits per heavy atom. The molecule has 0 atom stereocenters. The van der Waals surface area contributed by atoms with E-state index in [9.17, 15) is 0 Å². The zero-order chi connectivity index (χ0) is 20.2. The van der Waals surface area contributed by atoms with E-state index in [2.05, 4.69) is 15.6 Å². The van der Waals surface area contributed by atoms with Crippen LogP contribution in [0.2, 0.25) is 0 Å². The van der Waals surface area contributed by atoms with E-state index in [4.69, 9.17) is 14.5 Å². The molecule has 4 rings (SSSR count). The van der Waals surface area contributed by atoms with Gasteiger partial charge in [-0.1, -0.05) is 18.2 Å². The molecule has 0 radical (unpaired) electrons. The molecule has 0 aliphatic carbocycles. The van der Waals surface area contributed by atoms with Gasteiger partial charge in [0.25, 0.3) is 0 Å². The molecule has 0 saturated carbocycles. The van der Waals surface area contributed by atoms with Crippen LogP contribution in [0.1, 0.15) is 5.56 Å². The SMILES string of the molecule is COc1ccc(Nc2nc(Nc3cc(C)ccc3OC)nc3ccccc23)cc1. The molecule has 2 N–H and O–H groups in total. The number of hydrogen-bond acceptors (Lipinski definition) is 6. The van der Waals surface area contributed by atoms with Crippen LogP contribution in [0.4, 0.5) is 23.1 Å². The molecule has 0 aliphatic heterocycles. The number of anilines is 4. The van der Waals surface area contributed by atoms with E-state index < -0.39 is 0 Å². The lowest BCUT2D eigenvalue weighted by Crippen LogP contribution is -2.03. The number of aromatic nitrogens is 2. The number of nitrogens with one attached hydrogen (secondary N) is 2. The number of benzene rings is 3. The highest BCUT2D eigenvalue weighted by Crippen LogP contribution is 2.30. The molecular weight excluding hydrogens is 364 g/mol. The van der Waals surface area contributed by atoms with Crippen molar-refractivity contribution in [2.45, 2.75) is 6.92 Å². The lowest BCUT2D eigenvalue weighted by Gasteiger charge is -2.14. The number of ether oxygens (including phenoxy) is 2. The Balaban J connectivity index is 1.73. The number of hydrogen-bond donors (Lipinski definition) is 2. The highest BCUT2D eigenvalue weighted by atomic mass is 16.5. The van der Waals surface area contributed by atoms with Gasteiger partial charge in [0.2, 0.25) is 5.95 Å². The van der Waals surface area contributed by atoms with Crippen LogP contribution in [0.15, 0.2) is 66.7 Å². The van der Waals surface area contributed by atoms with Gasteiger partial charge >= 0.3 is 0 Å². The molecule has 1 heterocycles. The number of nitrogens with zero attached hydrogens (tertiary/aromatic N) is 2. The van der Waals surface area contributed by atoms with Crippen molar-refractivity contribution < 1.29 is 9.47 Å². The van der Waals surface area contributed by atoms with Gasteiger partial charge in [0.1, 0.15) is 17.3 Å². The average molecular weight is 386 g/mol. The first-order valence-electron chi connectivity index (χ1n) is 9.26. The molecule has 1 aromatic heterocycles. The first-order chi connectivity index (χ1) is 14.2. The molecule has 0 spiro atoms. The lowest BCUT2D eigenvalue weighted by molar-refractivity contribution is 0.415. The fourth-order valence-corrected chi connectivity index (χ4v) is 3.08. The Morgan fingerprint density at radius 2 is 1.59 bits per heavy atom. The second-order valence-electron chi connectivity index (χ2n) is 6.60. The van der Waals surface area contributed by atoms with Crippen LogP contribution in [0.5, 0.6) is 11.5 Å². The van der Waals surface area contributed by atoms with Crippen molar-refractivity contribution >= 4 is 34.0 Å². The Morgan fingerprint density at radius 3 is 2.34 bits per heavy atom. The van der Waals surface area contributed by atoms with Crippen molar-refractivity contribution in [2.75, 3.05) is 24.9 Å². The number of aryl methyl sites for hydroxylation is 1. The van der Waals surface area contributed by atoms with Gasteiger partial charge in [0, 0.05) is 11.1 Å². The molecule has 0 amide bonds. The summed E-state index contributed by atoms with van der Waals surface area (Å²) in [6.07, 6.45) is 0. The molecule has 146 valence electrons. The lowest BCUT2D eigenvalue weighted by atomic mass is 10.2. The summed E-state index contributed by atoms with van der Waals surface area (Å²) in [5.41, 5.74) is 3.69. The minimum Gasteiger partial charge on any atom is -0.497 e. The van der Waals surface area contributed by atoms with Crippen molar-refractivity contribution in [3.63, 3.8) is 0 Å². The van der Waals surface area contributed by atoms with Gasteiger partial charge in [-0.2, -0.15) is 4.98 Å². The summed E-state index contributed by atoms with van der Waals surface area (Å²) in [6, 6.07) is 21.5. The third-order valence-corrected chi connectivity index (χ3v) is 4.56. The number of fused-ring (bicyclic) bond motifs is 1. The standard InChI is InChI=1S/C23H22N4O2/c1-15-8-13-21(29-3)20(14-15)26-23-25-19-7-5-4-6-18(19)22(27-23)24-16-9-11-17(28-2)12-10-16/h4-14H,1-3H3,(H2,24,25,26,27). The van der Waals surface area contributed by atoms with Gasteiger partial charge in [0.05, 0.1) is 25.4 Å². The zero-order valence-corrected chi connectivity index (χ0v) is 16.6. The van der Waals surface area contributed by atoms with E-state index >= 15 is 0 Å². The molecule has 0 unspecified atom stereocenters. The summed E-state index contributed by atoms with van der Waals surface area (Å²) in [5.74, 6) is 2.74. The third-order valence-electron chi connectivity index (χ3n) is 4.56. The van der Waals surface area contributed by atoms with Crippen LogP contribution >= 0.6 is 0 Å². The topological polar surface area (TPSA) is 68.3 Å². The quantitative estimate of drug-likeness (QED) is 0.460. The Hall–Kier alpha value is -3.80. The number of para-hydroxylation sites is 1. The predicted octanol–water partition coefficient (Wildman–Crippen LogP) is 5.44. The summed E-state index contributed by atoms with van der Waals surface area (Å²) in [6.45, 7) is 2.03. The molecule has 0 saturated heterocycles. The first-order valence-corrected chi connectivity index (χ1v) is 9.26. The first kappa shape index (κ1) is 18.6. The number of rotatable bonds is 6. The van der Waals surface area contributed by atoms with Gasteiger partial charge in [-0.3, -0.25) is 0 Å². The van der Waals surface area contributed by atoms with Crippen molar-refractivity contribution in [3.8, 4) is 11.5 Å². The van der Waals surface area contributed by atoms with Crippen LogP contribution in [-0.4, -0.2) is 24.2 Å². The van der Waals surface area contributed by atoms with E-state index in [1.807, 2.05) is 73.7 Å². The van der Waals surface area contributed by atoms with E-state index in [0.29, 0.717) is 5.95 Å². The summed E-state index contributed by atoms with van der Waals surface area (Å²) >= 11 is 0. The Kier molecular flexibility index (Phi) is 5.16. The zero-order valence-electron chi connectivity index (χ0n) is 16.6. The normalized spacial score (nSPS) is 10.6. The van der Waals surface area contributed by atoms with E-state index in [-0.39, 0.29) is 0 Å². The van der Waals surface area contributed by atoms with Crippen molar-refractivity contribution in [1.29, 1.82) is 0 Å². The van der Waals surface area contributed by atoms with E-state index in [1.165, 1.54) is 0 Å². The van der Waals surface area contributed by atoms with Gasteiger partial charge in [-0.05, 0) is 61.0 Å². The van der Waals surface area contributed by atoms with Crippen LogP contribution in [-0.2, 0) is 0 Å². The molecule has 6 heteroatoms. The molecule has 0 aliphatic rings. The van der Waals surface area contributed by atoms with Gasteiger partial charge in [0.15, 0.2) is 0 Å². The van der Waals surface area contributed by atoms with E-state index in [0.717, 1.165) is 45.2 Å². The average Bonchev–Trinajstić information content (AvgIpc) is 2.74. The minimum atomic E-state index is 0.489. The molecule has 4 aromatic rings. The summed E-state index contributed by atoms with van der Waals surface area (Å²) in [4.78, 5) is 9.39. The molecule has 3 aromatic carbocycles. The second kappa shape index (κ2) is 8.06. The Labute approximate surface area is 169 Å². The smallest absolute Gasteiger partial charge is 0.229 e. The monoisotopic (exact) mass is 386 g/mol. The fraction of sp³-hybridized carbons (Fsp3) is 0.130. The third kappa shape index (κ3) is 4.06. The molecule has 6 nitrogen and oxygen atoms in total. The maximum Gasteiger partial charge on any atom is 0.229 e. The highest BCUT2D eigenvalue weighted by molar-refractivity contribution is 5.92. The van der Waals surface area contributed by atoms with Crippen LogP contribution in [0.3, 0.4) is 0 Å². The molecule has 0 bridgehead atoms. The van der Waals surface area contributed by atoms with Crippen molar-refractivity contribution in [3.05, 3.63) is 72.3 Å². The second-order valence-corrected chi connectivity index (χ2v) is 6.60. The summed E-state index contributed by atoms with van der Waals surface area (Å²) < 4.78 is 10.7. The van der Waals surface area contributed by atoms with Gasteiger partial charge in [-0.15, -0.1) is 0 Å². The van der Waals surface area contributed by atoms with Crippen LogP contribution in [0.25, 0.3) is 10.9 Å². The van der Waals surface area contributed by atoms with Crippen LogP contribution < -0.4 is 20.1 Å². The summed E-state index contributed by atoms with van der Waals surface area (Å²) in [5, 5.41) is 7.62. The minimum absolute atomic E-state index is 0.489. The van der Waals surface area contributed by atoms with E-state index in [1.54, 1.807) is 14.2 Å². The number of methoxy groups -OCH3 is 2. The molecular formula is C23H22N4O2. The highest BCUT2D eigenvalue weighted by Gasteiger charge is 2.11. The van der Waals surface area contributed by atoms with Crippen LogP contribution in [0, 0.1) is 6.92 Å². The predicted molar refractivity (Wildman–Crippen MR) is 117 cm³/mol. The molecule has 0 fully saturated rings. The maximum atomic E-state index is 5.46. The largest absolute Gasteiger partial charge is 0.497 e. The van der Waals surface area contributed by atoms with Crippen molar-refractivity contribution in [2.24, 2.45) is 0 Å².